The Morgan fingerprint density at radius 2 is 2.11 bits per heavy atom. The molecule has 0 aliphatic rings. The third-order valence-corrected chi connectivity index (χ3v) is 2.98. The molecule has 2 aromatic rings. The zero-order valence-electron chi connectivity index (χ0n) is 9.28. The first-order valence-electron chi connectivity index (χ1n) is 4.92. The van der Waals surface area contributed by atoms with E-state index in [2.05, 4.69) is 5.32 Å². The van der Waals surface area contributed by atoms with Gasteiger partial charge in [-0.2, -0.15) is 0 Å². The number of primary amides is 1. The maximum absolute atomic E-state index is 11.7. The molecular weight excluding hydrogens is 274 g/mol. The fraction of sp³-hybridized carbons (Fsp3) is 0. The number of nitro groups is 1. The quantitative estimate of drug-likeness (QED) is 0.649. The number of nitrogens with one attached hydrogen (secondary N) is 1. The van der Waals surface area contributed by atoms with Gasteiger partial charge >= 0.3 is 5.88 Å². The second-order valence-electron chi connectivity index (χ2n) is 3.38. The summed E-state index contributed by atoms with van der Waals surface area (Å²) < 4.78 is 4.73. The van der Waals surface area contributed by atoms with E-state index in [9.17, 15) is 19.7 Å². The molecule has 0 bridgehead atoms. The molecule has 0 aliphatic carbocycles. The van der Waals surface area contributed by atoms with Crippen LogP contribution in [0.4, 0.5) is 10.9 Å². The topological polar surface area (TPSA) is 128 Å². The predicted molar refractivity (Wildman–Crippen MR) is 66.2 cm³/mol. The molecule has 0 saturated carbocycles. The van der Waals surface area contributed by atoms with Crippen LogP contribution in [0.15, 0.2) is 28.0 Å². The lowest BCUT2D eigenvalue weighted by atomic mass is 10.3. The third-order valence-electron chi connectivity index (χ3n) is 2.15. The van der Waals surface area contributed by atoms with Crippen molar-refractivity contribution in [2.24, 2.45) is 5.73 Å². The minimum atomic E-state index is -0.753. The monoisotopic (exact) mass is 281 g/mol. The fourth-order valence-corrected chi connectivity index (χ4v) is 2.10. The molecule has 2 amide bonds. The molecule has 0 saturated heterocycles. The Bertz CT molecular complexity index is 660. The molecular formula is C10H7N3O5S. The van der Waals surface area contributed by atoms with Gasteiger partial charge in [0.05, 0.1) is 11.6 Å². The number of anilines is 1. The van der Waals surface area contributed by atoms with E-state index in [1.54, 1.807) is 5.38 Å². The molecule has 0 fully saturated rings. The van der Waals surface area contributed by atoms with Crippen LogP contribution < -0.4 is 11.1 Å². The van der Waals surface area contributed by atoms with Crippen molar-refractivity contribution in [3.8, 4) is 0 Å². The highest BCUT2D eigenvalue weighted by atomic mass is 32.1. The summed E-state index contributed by atoms with van der Waals surface area (Å²) in [6.45, 7) is 0. The molecule has 2 aromatic heterocycles. The van der Waals surface area contributed by atoms with Gasteiger partial charge in [0.25, 0.3) is 11.8 Å². The van der Waals surface area contributed by atoms with Crippen molar-refractivity contribution < 1.29 is 18.9 Å². The Labute approximate surface area is 110 Å². The third kappa shape index (κ3) is 2.60. The second kappa shape index (κ2) is 4.90. The summed E-state index contributed by atoms with van der Waals surface area (Å²) in [4.78, 5) is 32.5. The highest BCUT2D eigenvalue weighted by Gasteiger charge is 2.19. The van der Waals surface area contributed by atoms with E-state index in [4.69, 9.17) is 10.2 Å². The van der Waals surface area contributed by atoms with Gasteiger partial charge in [-0.25, -0.2) is 0 Å². The summed E-state index contributed by atoms with van der Waals surface area (Å²) >= 11 is 1.11. The molecule has 19 heavy (non-hydrogen) atoms. The summed E-state index contributed by atoms with van der Waals surface area (Å²) in [5.41, 5.74) is 5.29. The van der Waals surface area contributed by atoms with Crippen LogP contribution in [0.3, 0.4) is 0 Å². The van der Waals surface area contributed by atoms with Gasteiger partial charge in [-0.3, -0.25) is 19.7 Å². The van der Waals surface area contributed by atoms with Crippen LogP contribution in [-0.2, 0) is 0 Å². The Kier molecular flexibility index (Phi) is 3.29. The molecule has 2 rings (SSSR count). The summed E-state index contributed by atoms with van der Waals surface area (Å²) in [5, 5.41) is 14.7. The smallest absolute Gasteiger partial charge is 0.395 e. The lowest BCUT2D eigenvalue weighted by molar-refractivity contribution is -0.402. The summed E-state index contributed by atoms with van der Waals surface area (Å²) in [6.07, 6.45) is 0. The van der Waals surface area contributed by atoms with Crippen LogP contribution in [-0.4, -0.2) is 16.7 Å². The Morgan fingerprint density at radius 1 is 1.37 bits per heavy atom. The largest absolute Gasteiger partial charge is 0.433 e. The van der Waals surface area contributed by atoms with Gasteiger partial charge in [0.1, 0.15) is 9.92 Å². The first kappa shape index (κ1) is 12.8. The van der Waals surface area contributed by atoms with Crippen LogP contribution in [0.25, 0.3) is 0 Å². The minimum absolute atomic E-state index is 0.166. The van der Waals surface area contributed by atoms with Crippen molar-refractivity contribution in [1.29, 1.82) is 0 Å². The van der Waals surface area contributed by atoms with Crippen molar-refractivity contribution in [2.75, 3.05) is 5.32 Å². The number of nitrogens with zero attached hydrogens (tertiary/aromatic N) is 1. The lowest BCUT2D eigenvalue weighted by Crippen LogP contribution is -2.16. The van der Waals surface area contributed by atoms with Gasteiger partial charge in [0, 0.05) is 0 Å². The Balaban J connectivity index is 2.18. The van der Waals surface area contributed by atoms with Crippen molar-refractivity contribution in [2.45, 2.75) is 0 Å². The maximum atomic E-state index is 11.7. The number of hydrogen-bond acceptors (Lipinski definition) is 6. The summed E-state index contributed by atoms with van der Waals surface area (Å²) in [5.74, 6) is -2.14. The number of thiophene rings is 1. The Hall–Kier alpha value is -2.68. The Morgan fingerprint density at radius 3 is 2.68 bits per heavy atom. The van der Waals surface area contributed by atoms with Crippen molar-refractivity contribution in [3.05, 3.63) is 45.0 Å². The van der Waals surface area contributed by atoms with Gasteiger partial charge in [-0.1, -0.05) is 0 Å². The van der Waals surface area contributed by atoms with E-state index in [0.29, 0.717) is 0 Å². The average molecular weight is 281 g/mol. The standard InChI is InChI=1S/C10H7N3O5S/c11-8(14)5-3-4-19-10(5)12-9(15)6-1-2-7(18-6)13(16)17/h1-4H,(H2,11,14)(H,12,15). The van der Waals surface area contributed by atoms with E-state index < -0.39 is 22.6 Å². The molecule has 3 N–H and O–H groups in total. The van der Waals surface area contributed by atoms with Crippen LogP contribution in [0.1, 0.15) is 20.9 Å². The predicted octanol–water partition coefficient (Wildman–Crippen LogP) is 1.60. The molecule has 9 heteroatoms. The van der Waals surface area contributed by atoms with Gasteiger partial charge in [0.2, 0.25) is 0 Å². The normalized spacial score (nSPS) is 10.1. The molecule has 98 valence electrons. The first-order chi connectivity index (χ1) is 8.99. The van der Waals surface area contributed by atoms with E-state index in [-0.39, 0.29) is 16.3 Å². The van der Waals surface area contributed by atoms with Gasteiger partial charge in [0.15, 0.2) is 5.76 Å². The van der Waals surface area contributed by atoms with Crippen LogP contribution in [0.5, 0.6) is 0 Å². The van der Waals surface area contributed by atoms with E-state index in [1.165, 1.54) is 12.1 Å². The molecule has 0 unspecified atom stereocenters. The summed E-state index contributed by atoms with van der Waals surface area (Å²) in [7, 11) is 0. The molecule has 0 aliphatic heterocycles. The maximum Gasteiger partial charge on any atom is 0.433 e. The van der Waals surface area contributed by atoms with Crippen molar-refractivity contribution >= 4 is 34.0 Å². The molecule has 0 aromatic carbocycles. The van der Waals surface area contributed by atoms with Gasteiger partial charge in [-0.15, -0.1) is 11.3 Å². The van der Waals surface area contributed by atoms with Crippen LogP contribution in [0, 0.1) is 10.1 Å². The van der Waals surface area contributed by atoms with Gasteiger partial charge in [-0.05, 0) is 17.5 Å². The van der Waals surface area contributed by atoms with Crippen molar-refractivity contribution in [1.82, 2.24) is 0 Å². The molecule has 0 atom stereocenters. The van der Waals surface area contributed by atoms with E-state index >= 15 is 0 Å². The molecule has 0 radical (unpaired) electrons. The molecule has 8 nitrogen and oxygen atoms in total. The number of carbonyl (C=O) groups excluding carboxylic acids is 2. The van der Waals surface area contributed by atoms with Gasteiger partial charge < -0.3 is 15.5 Å². The number of nitrogens with two attached hydrogens (primary N) is 1. The van der Waals surface area contributed by atoms with Crippen LogP contribution in [0.2, 0.25) is 0 Å². The zero-order chi connectivity index (χ0) is 14.0. The van der Waals surface area contributed by atoms with Crippen LogP contribution >= 0.6 is 11.3 Å². The zero-order valence-corrected chi connectivity index (χ0v) is 10.1. The number of hydrogen-bond donors (Lipinski definition) is 2. The average Bonchev–Trinajstić information content (AvgIpc) is 2.96. The fourth-order valence-electron chi connectivity index (χ4n) is 1.31. The number of carbonyl (C=O) groups is 2. The molecule has 0 spiro atoms. The number of amides is 2. The van der Waals surface area contributed by atoms with E-state index in [0.717, 1.165) is 17.4 Å². The highest BCUT2D eigenvalue weighted by molar-refractivity contribution is 7.14. The lowest BCUT2D eigenvalue weighted by Gasteiger charge is -2.01. The number of rotatable bonds is 4. The highest BCUT2D eigenvalue weighted by Crippen LogP contribution is 2.24. The minimum Gasteiger partial charge on any atom is -0.395 e. The first-order valence-corrected chi connectivity index (χ1v) is 5.80. The SMILES string of the molecule is NC(=O)c1ccsc1NC(=O)c1ccc([N+](=O)[O-])o1. The second-order valence-corrected chi connectivity index (χ2v) is 4.29. The number of furan rings is 1. The van der Waals surface area contributed by atoms with E-state index in [1.807, 2.05) is 0 Å². The summed E-state index contributed by atoms with van der Waals surface area (Å²) in [6, 6.07) is 3.70. The molecule has 2 heterocycles. The van der Waals surface area contributed by atoms with Crippen molar-refractivity contribution in [3.63, 3.8) is 0 Å².